The molecule has 2 amide bonds. The van der Waals surface area contributed by atoms with E-state index in [0.29, 0.717) is 15.7 Å². The summed E-state index contributed by atoms with van der Waals surface area (Å²) in [6.07, 6.45) is 0. The first-order valence-electron chi connectivity index (χ1n) is 6.02. The lowest BCUT2D eigenvalue weighted by Crippen LogP contribution is -2.20. The Morgan fingerprint density at radius 3 is 1.96 bits per heavy atom. The van der Waals surface area contributed by atoms with Crippen LogP contribution < -0.4 is 10.6 Å². The molecule has 0 bridgehead atoms. The minimum absolute atomic E-state index is 0.0576. The fourth-order valence-electron chi connectivity index (χ4n) is 1.75. The van der Waals surface area contributed by atoms with E-state index in [1.165, 1.54) is 30.3 Å². The molecule has 0 spiro atoms. The Balaban J connectivity index is 2.22. The first-order valence-corrected chi connectivity index (χ1v) is 7.54. The number of halogens is 4. The Labute approximate surface area is 151 Å². The van der Waals surface area contributed by atoms with Gasteiger partial charge in [-0.2, -0.15) is 0 Å². The van der Waals surface area contributed by atoms with E-state index in [1.54, 1.807) is 0 Å². The summed E-state index contributed by atoms with van der Waals surface area (Å²) in [5.74, 6) is -1.26. The highest BCUT2D eigenvalue weighted by molar-refractivity contribution is 6.38. The summed E-state index contributed by atoms with van der Waals surface area (Å²) >= 11 is 23.4. The number of benzene rings is 2. The van der Waals surface area contributed by atoms with Gasteiger partial charge in [0.15, 0.2) is 0 Å². The molecule has 0 saturated heterocycles. The Bertz CT molecular complexity index is 776. The van der Waals surface area contributed by atoms with Gasteiger partial charge < -0.3 is 15.7 Å². The van der Waals surface area contributed by atoms with Gasteiger partial charge in [0.05, 0.1) is 16.3 Å². The van der Waals surface area contributed by atoms with E-state index in [2.05, 4.69) is 10.6 Å². The van der Waals surface area contributed by atoms with Gasteiger partial charge in [-0.1, -0.05) is 46.4 Å². The molecule has 9 heteroatoms. The summed E-state index contributed by atoms with van der Waals surface area (Å²) in [5, 5.41) is 14.6. The molecule has 0 aliphatic rings. The maximum absolute atomic E-state index is 12.0. The number of amides is 2. The number of nitrogens with one attached hydrogen (secondary N) is 2. The summed E-state index contributed by atoms with van der Waals surface area (Å²) in [6.45, 7) is 0. The van der Waals surface area contributed by atoms with E-state index >= 15 is 0 Å². The van der Waals surface area contributed by atoms with Crippen LogP contribution in [0.5, 0.6) is 0 Å². The molecule has 2 aromatic rings. The number of carboxylic acids is 1. The summed E-state index contributed by atoms with van der Waals surface area (Å²) in [4.78, 5) is 23.1. The summed E-state index contributed by atoms with van der Waals surface area (Å²) < 4.78 is 0. The van der Waals surface area contributed by atoms with E-state index in [0.717, 1.165) is 0 Å². The maximum atomic E-state index is 12.0. The van der Waals surface area contributed by atoms with Gasteiger partial charge in [0, 0.05) is 20.8 Å². The molecular weight excluding hydrogens is 386 g/mol. The lowest BCUT2D eigenvalue weighted by Gasteiger charge is -2.11. The standard InChI is InChI=1S/C14H8Cl4N2O3/c15-6-1-7(16)3-9(2-6)19-14(23)20-11-5-8(17)4-10(12(11)18)13(21)22/h1-5H,(H,21,22)(H2,19,20,23). The normalized spacial score (nSPS) is 10.3. The topological polar surface area (TPSA) is 78.4 Å². The van der Waals surface area contributed by atoms with Gasteiger partial charge >= 0.3 is 12.0 Å². The van der Waals surface area contributed by atoms with Crippen LogP contribution in [0.15, 0.2) is 30.3 Å². The number of carbonyl (C=O) groups excluding carboxylic acids is 1. The molecule has 0 saturated carbocycles. The van der Waals surface area contributed by atoms with Gasteiger partial charge in [-0.15, -0.1) is 0 Å². The molecular formula is C14H8Cl4N2O3. The third kappa shape index (κ3) is 4.65. The molecule has 2 aromatic carbocycles. The summed E-state index contributed by atoms with van der Waals surface area (Å²) in [7, 11) is 0. The molecule has 120 valence electrons. The number of urea groups is 1. The van der Waals surface area contributed by atoms with E-state index in [9.17, 15) is 9.59 Å². The SMILES string of the molecule is O=C(Nc1cc(Cl)cc(Cl)c1)Nc1cc(Cl)cc(C(=O)O)c1Cl. The van der Waals surface area contributed by atoms with Gasteiger partial charge in [0.25, 0.3) is 0 Å². The van der Waals surface area contributed by atoms with Crippen LogP contribution in [-0.2, 0) is 0 Å². The van der Waals surface area contributed by atoms with Gasteiger partial charge in [0.1, 0.15) is 0 Å². The molecule has 0 fully saturated rings. The fourth-order valence-corrected chi connectivity index (χ4v) is 2.73. The zero-order valence-corrected chi connectivity index (χ0v) is 14.2. The van der Waals surface area contributed by atoms with Crippen molar-refractivity contribution in [2.75, 3.05) is 10.6 Å². The molecule has 0 aliphatic carbocycles. The highest BCUT2D eigenvalue weighted by Crippen LogP contribution is 2.30. The smallest absolute Gasteiger partial charge is 0.337 e. The van der Waals surface area contributed by atoms with Gasteiger partial charge in [0.2, 0.25) is 0 Å². The van der Waals surface area contributed by atoms with Crippen molar-refractivity contribution < 1.29 is 14.7 Å². The van der Waals surface area contributed by atoms with Crippen LogP contribution >= 0.6 is 46.4 Å². The van der Waals surface area contributed by atoms with Gasteiger partial charge in [-0.3, -0.25) is 0 Å². The predicted molar refractivity (Wildman–Crippen MR) is 92.5 cm³/mol. The lowest BCUT2D eigenvalue weighted by molar-refractivity contribution is 0.0697. The average Bonchev–Trinajstić information content (AvgIpc) is 2.40. The number of aromatic carboxylic acids is 1. The van der Waals surface area contributed by atoms with E-state index in [1.807, 2.05) is 0 Å². The first kappa shape index (κ1) is 17.7. The van der Waals surface area contributed by atoms with Crippen LogP contribution in [0, 0.1) is 0 Å². The highest BCUT2D eigenvalue weighted by Gasteiger charge is 2.16. The number of hydrogen-bond donors (Lipinski definition) is 3. The van der Waals surface area contributed by atoms with Crippen LogP contribution in [0.3, 0.4) is 0 Å². The number of hydrogen-bond acceptors (Lipinski definition) is 2. The van der Waals surface area contributed by atoms with E-state index in [-0.39, 0.29) is 21.3 Å². The Kier molecular flexibility index (Phi) is 5.59. The summed E-state index contributed by atoms with van der Waals surface area (Å²) in [5.41, 5.74) is 0.194. The molecule has 0 aromatic heterocycles. The van der Waals surface area contributed by atoms with E-state index < -0.39 is 12.0 Å². The molecule has 0 radical (unpaired) electrons. The predicted octanol–water partition coefficient (Wildman–Crippen LogP) is 5.64. The molecule has 0 heterocycles. The van der Waals surface area contributed by atoms with Crippen molar-refractivity contribution in [3.8, 4) is 0 Å². The van der Waals surface area contributed by atoms with Crippen LogP contribution in [0.4, 0.5) is 16.2 Å². The monoisotopic (exact) mass is 392 g/mol. The van der Waals surface area contributed by atoms with Crippen molar-refractivity contribution in [3.05, 3.63) is 56.0 Å². The Morgan fingerprint density at radius 2 is 1.39 bits per heavy atom. The van der Waals surface area contributed by atoms with Crippen molar-refractivity contribution in [2.45, 2.75) is 0 Å². The second-order valence-corrected chi connectivity index (χ2v) is 6.04. The maximum Gasteiger partial charge on any atom is 0.337 e. The van der Waals surface area contributed by atoms with Crippen LogP contribution in [-0.4, -0.2) is 17.1 Å². The first-order chi connectivity index (χ1) is 10.8. The number of carboxylic acid groups (broad SMARTS) is 1. The van der Waals surface area contributed by atoms with Crippen molar-refractivity contribution >= 4 is 69.8 Å². The van der Waals surface area contributed by atoms with Crippen molar-refractivity contribution in [1.82, 2.24) is 0 Å². The molecule has 5 nitrogen and oxygen atoms in total. The minimum Gasteiger partial charge on any atom is -0.478 e. The van der Waals surface area contributed by atoms with Crippen molar-refractivity contribution in [1.29, 1.82) is 0 Å². The number of rotatable bonds is 3. The average molecular weight is 394 g/mol. The molecule has 0 atom stereocenters. The van der Waals surface area contributed by atoms with Crippen molar-refractivity contribution in [3.63, 3.8) is 0 Å². The molecule has 0 aliphatic heterocycles. The van der Waals surface area contributed by atoms with Gasteiger partial charge in [-0.25, -0.2) is 9.59 Å². The lowest BCUT2D eigenvalue weighted by atomic mass is 10.2. The van der Waals surface area contributed by atoms with Crippen molar-refractivity contribution in [2.24, 2.45) is 0 Å². The second kappa shape index (κ2) is 7.27. The number of carbonyl (C=O) groups is 2. The second-order valence-electron chi connectivity index (χ2n) is 4.36. The quantitative estimate of drug-likeness (QED) is 0.630. The zero-order chi connectivity index (χ0) is 17.1. The zero-order valence-electron chi connectivity index (χ0n) is 11.2. The number of anilines is 2. The summed E-state index contributed by atoms with van der Waals surface area (Å²) in [6, 6.07) is 6.36. The van der Waals surface area contributed by atoms with Crippen LogP contribution in [0.25, 0.3) is 0 Å². The Morgan fingerprint density at radius 1 is 0.826 bits per heavy atom. The largest absolute Gasteiger partial charge is 0.478 e. The van der Waals surface area contributed by atoms with Gasteiger partial charge in [-0.05, 0) is 30.3 Å². The molecule has 3 N–H and O–H groups in total. The fraction of sp³-hybridized carbons (Fsp3) is 0. The third-order valence-electron chi connectivity index (χ3n) is 2.64. The van der Waals surface area contributed by atoms with E-state index in [4.69, 9.17) is 51.5 Å². The van der Waals surface area contributed by atoms with Crippen LogP contribution in [0.2, 0.25) is 20.1 Å². The third-order valence-corrected chi connectivity index (χ3v) is 3.70. The molecule has 23 heavy (non-hydrogen) atoms. The highest BCUT2D eigenvalue weighted by atomic mass is 35.5. The molecule has 0 unspecified atom stereocenters. The minimum atomic E-state index is -1.26. The van der Waals surface area contributed by atoms with Crippen LogP contribution in [0.1, 0.15) is 10.4 Å². The molecule has 2 rings (SSSR count). The Hall–Kier alpha value is -1.66.